The number of aryl methyl sites for hydroxylation is 1. The largest absolute Gasteiger partial charge is 0.507 e. The fourth-order valence-electron chi connectivity index (χ4n) is 4.77. The number of fused-ring (bicyclic) bond motifs is 1. The van der Waals surface area contributed by atoms with Crippen molar-refractivity contribution in [3.05, 3.63) is 100 Å². The number of hydrogen-bond donors (Lipinski definition) is 1. The van der Waals surface area contributed by atoms with E-state index in [1.807, 2.05) is 31.2 Å². The predicted molar refractivity (Wildman–Crippen MR) is 134 cm³/mol. The first-order valence-corrected chi connectivity index (χ1v) is 11.8. The van der Waals surface area contributed by atoms with Crippen molar-refractivity contribution >= 4 is 29.1 Å². The highest BCUT2D eigenvalue weighted by molar-refractivity contribution is 6.51. The summed E-state index contributed by atoms with van der Waals surface area (Å²) >= 11 is 0. The zero-order chi connectivity index (χ0) is 25.4. The molecule has 182 valence electrons. The van der Waals surface area contributed by atoms with Gasteiger partial charge >= 0.3 is 5.97 Å². The number of rotatable bonds is 5. The molecule has 0 bridgehead atoms. The second-order valence-electron chi connectivity index (χ2n) is 8.72. The van der Waals surface area contributed by atoms with Gasteiger partial charge in [0, 0.05) is 17.7 Å². The van der Waals surface area contributed by atoms with Crippen molar-refractivity contribution in [2.75, 3.05) is 18.1 Å². The third-order valence-corrected chi connectivity index (χ3v) is 6.53. The van der Waals surface area contributed by atoms with Crippen LogP contribution in [-0.2, 0) is 20.7 Å². The van der Waals surface area contributed by atoms with Gasteiger partial charge in [0.05, 0.1) is 30.4 Å². The van der Waals surface area contributed by atoms with Gasteiger partial charge in [-0.1, -0.05) is 30.3 Å². The lowest BCUT2D eigenvalue weighted by molar-refractivity contribution is -0.132. The van der Waals surface area contributed by atoms with Gasteiger partial charge in [-0.25, -0.2) is 4.79 Å². The molecule has 0 aromatic heterocycles. The molecule has 1 fully saturated rings. The van der Waals surface area contributed by atoms with Gasteiger partial charge in [-0.05, 0) is 66.9 Å². The normalized spacial score (nSPS) is 18.2. The van der Waals surface area contributed by atoms with Crippen LogP contribution in [0.25, 0.3) is 5.76 Å². The molecule has 1 N–H and O–H groups in total. The quantitative estimate of drug-likeness (QED) is 0.244. The molecule has 0 aliphatic carbocycles. The number of hydrogen-bond acceptors (Lipinski definition) is 6. The molecule has 7 nitrogen and oxygen atoms in total. The van der Waals surface area contributed by atoms with Crippen molar-refractivity contribution in [3.8, 4) is 5.75 Å². The van der Waals surface area contributed by atoms with Gasteiger partial charge in [-0.15, -0.1) is 0 Å². The molecule has 2 aliphatic rings. The molecule has 1 amide bonds. The molecule has 36 heavy (non-hydrogen) atoms. The summed E-state index contributed by atoms with van der Waals surface area (Å²) in [5.74, 6) is -1.60. The molecule has 2 aliphatic heterocycles. The van der Waals surface area contributed by atoms with Crippen LogP contribution in [0.3, 0.4) is 0 Å². The molecule has 7 heteroatoms. The number of anilines is 1. The summed E-state index contributed by atoms with van der Waals surface area (Å²) < 4.78 is 10.7. The Labute approximate surface area is 208 Å². The molecule has 1 atom stereocenters. The summed E-state index contributed by atoms with van der Waals surface area (Å²) in [6.07, 6.45) is 0.701. The van der Waals surface area contributed by atoms with Gasteiger partial charge in [0.15, 0.2) is 0 Å². The molecule has 5 rings (SSSR count). The van der Waals surface area contributed by atoms with Crippen LogP contribution in [0.2, 0.25) is 0 Å². The highest BCUT2D eigenvalue weighted by Gasteiger charge is 2.47. The number of Topliss-reactive ketones (excluding diaryl/α,β-unsaturated/α-hetero) is 1. The number of aliphatic hydroxyl groups is 1. The number of ketones is 1. The maximum atomic E-state index is 13.4. The van der Waals surface area contributed by atoms with E-state index in [2.05, 4.69) is 0 Å². The van der Waals surface area contributed by atoms with E-state index in [1.54, 1.807) is 43.3 Å². The van der Waals surface area contributed by atoms with Gasteiger partial charge in [0.25, 0.3) is 11.7 Å². The Morgan fingerprint density at radius 1 is 1.06 bits per heavy atom. The minimum atomic E-state index is -0.881. The first kappa shape index (κ1) is 23.4. The van der Waals surface area contributed by atoms with Crippen LogP contribution < -0.4 is 9.64 Å². The topological polar surface area (TPSA) is 93.1 Å². The van der Waals surface area contributed by atoms with Crippen molar-refractivity contribution in [2.45, 2.75) is 26.3 Å². The fraction of sp³-hybridized carbons (Fsp3) is 0.207. The van der Waals surface area contributed by atoms with E-state index >= 15 is 0 Å². The monoisotopic (exact) mass is 483 g/mol. The second kappa shape index (κ2) is 9.34. The Morgan fingerprint density at radius 2 is 1.86 bits per heavy atom. The average Bonchev–Trinajstić information content (AvgIpc) is 3.46. The number of ether oxygens (including phenoxy) is 2. The number of nitrogens with zero attached hydrogens (tertiary/aromatic N) is 1. The lowest BCUT2D eigenvalue weighted by Crippen LogP contribution is -2.30. The van der Waals surface area contributed by atoms with Crippen LogP contribution in [0.15, 0.2) is 72.3 Å². The zero-order valence-corrected chi connectivity index (χ0v) is 20.0. The van der Waals surface area contributed by atoms with E-state index in [1.165, 1.54) is 11.0 Å². The summed E-state index contributed by atoms with van der Waals surface area (Å²) in [5.41, 5.74) is 3.54. The number of carbonyl (C=O) groups excluding carboxylic acids is 3. The van der Waals surface area contributed by atoms with Crippen LogP contribution in [0.5, 0.6) is 5.75 Å². The molecule has 0 saturated carbocycles. The standard InChI is InChI=1S/C29H25NO6/c1-3-35-29(34)20-8-6-9-21(16-20)30-25(22-10-5-4-7-17(22)2)24(27(32)28(30)33)26(31)19-11-12-23-18(15-19)13-14-36-23/h4-12,15-16,25,31H,3,13-14H2,1-2H3/b26-24+. The second-order valence-corrected chi connectivity index (χ2v) is 8.72. The van der Waals surface area contributed by atoms with Crippen molar-refractivity contribution in [1.82, 2.24) is 0 Å². The van der Waals surface area contributed by atoms with E-state index in [4.69, 9.17) is 9.47 Å². The van der Waals surface area contributed by atoms with Gasteiger partial charge < -0.3 is 14.6 Å². The molecule has 3 aromatic rings. The van der Waals surface area contributed by atoms with Crippen molar-refractivity contribution < 1.29 is 29.0 Å². The van der Waals surface area contributed by atoms with Gasteiger partial charge in [-0.3, -0.25) is 14.5 Å². The Balaban J connectivity index is 1.69. The average molecular weight is 484 g/mol. The summed E-state index contributed by atoms with van der Waals surface area (Å²) in [5, 5.41) is 11.4. The molecule has 2 heterocycles. The molecule has 0 spiro atoms. The minimum absolute atomic E-state index is 0.00490. The van der Waals surface area contributed by atoms with Crippen LogP contribution >= 0.6 is 0 Å². The van der Waals surface area contributed by atoms with Gasteiger partial charge in [0.1, 0.15) is 11.5 Å². The van der Waals surface area contributed by atoms with Crippen LogP contribution in [0, 0.1) is 6.92 Å². The van der Waals surface area contributed by atoms with E-state index < -0.39 is 23.7 Å². The Morgan fingerprint density at radius 3 is 2.64 bits per heavy atom. The highest BCUT2D eigenvalue weighted by atomic mass is 16.5. The molecular weight excluding hydrogens is 458 g/mol. The Bertz CT molecular complexity index is 1420. The SMILES string of the molecule is CCOC(=O)c1cccc(N2C(=O)C(=O)/C(=C(/O)c3ccc4c(c3)CCO4)C2c2ccccc2C)c1. The zero-order valence-electron chi connectivity index (χ0n) is 20.0. The summed E-state index contributed by atoms with van der Waals surface area (Å²) in [7, 11) is 0. The maximum Gasteiger partial charge on any atom is 0.338 e. The summed E-state index contributed by atoms with van der Waals surface area (Å²) in [6.45, 7) is 4.37. The number of carbonyl (C=O) groups is 3. The summed E-state index contributed by atoms with van der Waals surface area (Å²) in [4.78, 5) is 40.6. The van der Waals surface area contributed by atoms with Crippen LogP contribution in [0.4, 0.5) is 5.69 Å². The van der Waals surface area contributed by atoms with Gasteiger partial charge in [-0.2, -0.15) is 0 Å². The molecule has 1 unspecified atom stereocenters. The smallest absolute Gasteiger partial charge is 0.338 e. The first-order chi connectivity index (χ1) is 17.4. The maximum absolute atomic E-state index is 13.4. The van der Waals surface area contributed by atoms with E-state index in [0.29, 0.717) is 29.8 Å². The van der Waals surface area contributed by atoms with Crippen molar-refractivity contribution in [1.29, 1.82) is 0 Å². The lowest BCUT2D eigenvalue weighted by Gasteiger charge is -2.27. The molecular formula is C29H25NO6. The number of amides is 1. The van der Waals surface area contributed by atoms with Gasteiger partial charge in [0.2, 0.25) is 0 Å². The van der Waals surface area contributed by atoms with Crippen LogP contribution in [0.1, 0.15) is 45.6 Å². The molecule has 3 aromatic carbocycles. The van der Waals surface area contributed by atoms with E-state index in [0.717, 1.165) is 16.9 Å². The van der Waals surface area contributed by atoms with E-state index in [9.17, 15) is 19.5 Å². The Kier molecular flexibility index (Phi) is 6.06. The summed E-state index contributed by atoms with van der Waals surface area (Å²) in [6, 6.07) is 18.2. The third-order valence-electron chi connectivity index (χ3n) is 6.53. The lowest BCUT2D eigenvalue weighted by atomic mass is 9.92. The number of benzene rings is 3. The predicted octanol–water partition coefficient (Wildman–Crippen LogP) is 4.73. The Hall–Kier alpha value is -4.39. The highest BCUT2D eigenvalue weighted by Crippen LogP contribution is 2.43. The molecule has 0 radical (unpaired) electrons. The van der Waals surface area contributed by atoms with Crippen molar-refractivity contribution in [3.63, 3.8) is 0 Å². The van der Waals surface area contributed by atoms with E-state index in [-0.39, 0.29) is 23.5 Å². The third kappa shape index (κ3) is 3.92. The molecule has 1 saturated heterocycles. The number of esters is 1. The first-order valence-electron chi connectivity index (χ1n) is 11.8. The minimum Gasteiger partial charge on any atom is -0.507 e. The fourth-order valence-corrected chi connectivity index (χ4v) is 4.77. The number of aliphatic hydroxyl groups excluding tert-OH is 1. The van der Waals surface area contributed by atoms with Crippen LogP contribution in [-0.4, -0.2) is 36.0 Å². The van der Waals surface area contributed by atoms with Crippen molar-refractivity contribution in [2.24, 2.45) is 0 Å².